The molecule has 2 rings (SSSR count). The van der Waals surface area contributed by atoms with Crippen LogP contribution in [0.15, 0.2) is 18.3 Å². The quantitative estimate of drug-likeness (QED) is 0.567. The molecule has 0 saturated carbocycles. The molecule has 0 fully saturated rings. The van der Waals surface area contributed by atoms with E-state index in [1.807, 2.05) is 13.0 Å². The molecule has 5 heteroatoms. The largest absolute Gasteiger partial charge is 0.355 e. The molecule has 0 bridgehead atoms. The summed E-state index contributed by atoms with van der Waals surface area (Å²) in [4.78, 5) is 13.1. The van der Waals surface area contributed by atoms with Crippen LogP contribution in [0.4, 0.5) is 5.69 Å². The first kappa shape index (κ1) is 9.21. The van der Waals surface area contributed by atoms with E-state index in [1.54, 1.807) is 6.20 Å². The maximum absolute atomic E-state index is 10.7. The molecule has 0 saturated heterocycles. The van der Waals surface area contributed by atoms with Crippen LogP contribution in [0, 0.1) is 28.4 Å². The minimum atomic E-state index is -0.459. The molecule has 74 valence electrons. The summed E-state index contributed by atoms with van der Waals surface area (Å²) in [6.07, 6.45) is 1.67. The summed E-state index contributed by atoms with van der Waals surface area (Å²) >= 11 is 0. The molecule has 15 heavy (non-hydrogen) atoms. The summed E-state index contributed by atoms with van der Waals surface area (Å²) in [6.45, 7) is 1.81. The minimum Gasteiger partial charge on any atom is -0.355 e. The third kappa shape index (κ3) is 1.23. The number of aromatic amines is 1. The third-order valence-electron chi connectivity index (χ3n) is 2.33. The fraction of sp³-hybridized carbons (Fsp3) is 0.100. The van der Waals surface area contributed by atoms with Crippen LogP contribution in [0.1, 0.15) is 11.1 Å². The number of hydrogen-bond donors (Lipinski definition) is 1. The normalized spacial score (nSPS) is 10.1. The highest BCUT2D eigenvalue weighted by molar-refractivity contribution is 5.94. The van der Waals surface area contributed by atoms with Gasteiger partial charge in [0.05, 0.1) is 16.6 Å². The van der Waals surface area contributed by atoms with E-state index in [0.717, 1.165) is 5.56 Å². The zero-order chi connectivity index (χ0) is 11.0. The van der Waals surface area contributed by atoms with Crippen molar-refractivity contribution >= 4 is 16.6 Å². The average Bonchev–Trinajstić information content (AvgIpc) is 2.60. The van der Waals surface area contributed by atoms with Gasteiger partial charge in [-0.3, -0.25) is 10.1 Å². The van der Waals surface area contributed by atoms with E-state index < -0.39 is 4.92 Å². The van der Waals surface area contributed by atoms with Gasteiger partial charge < -0.3 is 4.98 Å². The van der Waals surface area contributed by atoms with E-state index in [0.29, 0.717) is 16.5 Å². The van der Waals surface area contributed by atoms with Crippen molar-refractivity contribution in [3.63, 3.8) is 0 Å². The molecule has 1 aromatic carbocycles. The number of aromatic nitrogens is 1. The van der Waals surface area contributed by atoms with E-state index in [1.165, 1.54) is 12.1 Å². The number of benzene rings is 1. The van der Waals surface area contributed by atoms with Gasteiger partial charge in [0, 0.05) is 17.6 Å². The Labute approximate surface area is 85.1 Å². The topological polar surface area (TPSA) is 82.7 Å². The number of aryl methyl sites for hydroxylation is 1. The van der Waals surface area contributed by atoms with Gasteiger partial charge in [0.25, 0.3) is 5.69 Å². The molecule has 0 unspecified atom stereocenters. The van der Waals surface area contributed by atoms with Crippen LogP contribution >= 0.6 is 0 Å². The Morgan fingerprint density at radius 1 is 1.53 bits per heavy atom. The van der Waals surface area contributed by atoms with Crippen LogP contribution in [0.3, 0.4) is 0 Å². The van der Waals surface area contributed by atoms with E-state index in [9.17, 15) is 10.1 Å². The number of nitrogens with zero attached hydrogens (tertiary/aromatic N) is 2. The zero-order valence-electron chi connectivity index (χ0n) is 7.94. The molecule has 1 N–H and O–H groups in total. The second-order valence-electron chi connectivity index (χ2n) is 3.22. The summed E-state index contributed by atoms with van der Waals surface area (Å²) in [5, 5.41) is 20.2. The van der Waals surface area contributed by atoms with Crippen LogP contribution in [0.5, 0.6) is 0 Å². The zero-order valence-corrected chi connectivity index (χ0v) is 7.94. The lowest BCUT2D eigenvalue weighted by molar-refractivity contribution is -0.383. The second-order valence-corrected chi connectivity index (χ2v) is 3.22. The first-order valence-electron chi connectivity index (χ1n) is 4.30. The molecule has 0 aliphatic rings. The van der Waals surface area contributed by atoms with Gasteiger partial charge in [0.15, 0.2) is 0 Å². The molecule has 5 nitrogen and oxygen atoms in total. The van der Waals surface area contributed by atoms with Gasteiger partial charge in [-0.25, -0.2) is 0 Å². The van der Waals surface area contributed by atoms with Crippen molar-refractivity contribution in [2.75, 3.05) is 0 Å². The maximum Gasteiger partial charge on any atom is 0.293 e. The molecule has 0 radical (unpaired) electrons. The van der Waals surface area contributed by atoms with E-state index >= 15 is 0 Å². The first-order chi connectivity index (χ1) is 7.15. The molecule has 0 atom stereocenters. The Morgan fingerprint density at radius 2 is 2.27 bits per heavy atom. The standard InChI is InChI=1S/C10H7N3O2/c1-6-5-12-10-8(13(14)15)3-2-7(4-11)9(6)10/h2-3,5,12H,1H3. The smallest absolute Gasteiger partial charge is 0.293 e. The molecular weight excluding hydrogens is 194 g/mol. The van der Waals surface area contributed by atoms with Crippen LogP contribution in [0.25, 0.3) is 10.9 Å². The van der Waals surface area contributed by atoms with E-state index in [-0.39, 0.29) is 5.69 Å². The number of non-ortho nitro benzene ring substituents is 1. The number of nitrogens with one attached hydrogen (secondary N) is 1. The SMILES string of the molecule is Cc1c[nH]c2c([N+](=O)[O-])ccc(C#N)c12. The number of nitro groups is 1. The van der Waals surface area contributed by atoms with Crippen molar-refractivity contribution in [3.05, 3.63) is 39.6 Å². The van der Waals surface area contributed by atoms with Gasteiger partial charge in [-0.05, 0) is 18.6 Å². The molecule has 0 aliphatic heterocycles. The summed E-state index contributed by atoms with van der Waals surface area (Å²) in [6, 6.07) is 4.84. The minimum absolute atomic E-state index is 0.00269. The van der Waals surface area contributed by atoms with Crippen molar-refractivity contribution in [2.24, 2.45) is 0 Å². The van der Waals surface area contributed by atoms with Crippen molar-refractivity contribution in [2.45, 2.75) is 6.92 Å². The highest BCUT2D eigenvalue weighted by atomic mass is 16.6. The average molecular weight is 201 g/mol. The summed E-state index contributed by atoms with van der Waals surface area (Å²) in [7, 11) is 0. The Hall–Kier alpha value is -2.35. The fourth-order valence-electron chi connectivity index (χ4n) is 1.65. The van der Waals surface area contributed by atoms with E-state index in [2.05, 4.69) is 4.98 Å². The fourth-order valence-corrected chi connectivity index (χ4v) is 1.65. The summed E-state index contributed by atoms with van der Waals surface area (Å²) in [5.41, 5.74) is 1.70. The van der Waals surface area contributed by atoms with Crippen LogP contribution < -0.4 is 0 Å². The first-order valence-corrected chi connectivity index (χ1v) is 4.30. The van der Waals surface area contributed by atoms with Crippen molar-refractivity contribution < 1.29 is 4.92 Å². The highest BCUT2D eigenvalue weighted by Crippen LogP contribution is 2.29. The van der Waals surface area contributed by atoms with Gasteiger partial charge in [-0.1, -0.05) is 0 Å². The molecule has 0 aliphatic carbocycles. The Morgan fingerprint density at radius 3 is 2.87 bits per heavy atom. The molecule has 0 spiro atoms. The van der Waals surface area contributed by atoms with Gasteiger partial charge in [-0.15, -0.1) is 0 Å². The number of hydrogen-bond acceptors (Lipinski definition) is 3. The predicted molar refractivity (Wildman–Crippen MR) is 54.4 cm³/mol. The molecular formula is C10H7N3O2. The van der Waals surface area contributed by atoms with Gasteiger partial charge in [0.1, 0.15) is 5.52 Å². The molecule has 1 aromatic heterocycles. The van der Waals surface area contributed by atoms with Crippen LogP contribution in [-0.4, -0.2) is 9.91 Å². The maximum atomic E-state index is 10.7. The van der Waals surface area contributed by atoms with E-state index in [4.69, 9.17) is 5.26 Å². The molecule has 0 amide bonds. The van der Waals surface area contributed by atoms with Crippen molar-refractivity contribution in [1.82, 2.24) is 4.98 Å². The Bertz CT molecular complexity index is 592. The lowest BCUT2D eigenvalue weighted by Crippen LogP contribution is -1.90. The number of fused-ring (bicyclic) bond motifs is 1. The lowest BCUT2D eigenvalue weighted by Gasteiger charge is -1.96. The predicted octanol–water partition coefficient (Wildman–Crippen LogP) is 2.26. The third-order valence-corrected chi connectivity index (χ3v) is 2.33. The Balaban J connectivity index is 2.93. The second kappa shape index (κ2) is 3.10. The number of nitro benzene ring substituents is 1. The number of H-pyrrole nitrogens is 1. The van der Waals surface area contributed by atoms with Crippen LogP contribution in [0.2, 0.25) is 0 Å². The van der Waals surface area contributed by atoms with Gasteiger partial charge >= 0.3 is 0 Å². The van der Waals surface area contributed by atoms with Gasteiger partial charge in [0.2, 0.25) is 0 Å². The monoisotopic (exact) mass is 201 g/mol. The summed E-state index contributed by atoms with van der Waals surface area (Å²) < 4.78 is 0. The van der Waals surface area contributed by atoms with Crippen LogP contribution in [-0.2, 0) is 0 Å². The lowest BCUT2D eigenvalue weighted by atomic mass is 10.1. The summed E-state index contributed by atoms with van der Waals surface area (Å²) in [5.74, 6) is 0. The Kier molecular flexibility index (Phi) is 1.90. The molecule has 2 aromatic rings. The van der Waals surface area contributed by atoms with Crippen molar-refractivity contribution in [3.8, 4) is 6.07 Å². The number of nitriles is 1. The number of rotatable bonds is 1. The molecule has 1 heterocycles. The highest BCUT2D eigenvalue weighted by Gasteiger charge is 2.16. The van der Waals surface area contributed by atoms with Gasteiger partial charge in [-0.2, -0.15) is 5.26 Å². The van der Waals surface area contributed by atoms with Crippen molar-refractivity contribution in [1.29, 1.82) is 5.26 Å².